The molecule has 3 heteroatoms. The van der Waals surface area contributed by atoms with Gasteiger partial charge in [0.1, 0.15) is 12.4 Å². The van der Waals surface area contributed by atoms with Crippen LogP contribution in [-0.2, 0) is 13.7 Å². The minimum Gasteiger partial charge on any atom is -0.489 e. The molecule has 0 N–H and O–H groups in total. The third-order valence-corrected chi connectivity index (χ3v) is 3.41. The van der Waals surface area contributed by atoms with Gasteiger partial charge in [-0.3, -0.25) is 0 Å². The summed E-state index contributed by atoms with van der Waals surface area (Å²) < 4.78 is 7.89. The maximum atomic E-state index is 6.07. The highest BCUT2D eigenvalue weighted by Crippen LogP contribution is 2.25. The lowest BCUT2D eigenvalue weighted by Crippen LogP contribution is -1.94. The van der Waals surface area contributed by atoms with E-state index >= 15 is 0 Å². The van der Waals surface area contributed by atoms with Gasteiger partial charge in [0, 0.05) is 34.7 Å². The molecule has 96 valence electrons. The zero-order valence-corrected chi connectivity index (χ0v) is 11.4. The fraction of sp³-hybridized carbons (Fsp3) is 0.125. The lowest BCUT2D eigenvalue weighted by molar-refractivity contribution is 0.307. The SMILES string of the molecule is Cn1cc(COc2ccccc2)c2cc(Cl)ccc21. The van der Waals surface area contributed by atoms with Gasteiger partial charge in [0.25, 0.3) is 0 Å². The summed E-state index contributed by atoms with van der Waals surface area (Å²) in [6.07, 6.45) is 2.09. The van der Waals surface area contributed by atoms with Crippen molar-refractivity contribution in [3.8, 4) is 5.75 Å². The van der Waals surface area contributed by atoms with Crippen LogP contribution >= 0.6 is 11.6 Å². The Morgan fingerprint density at radius 2 is 1.89 bits per heavy atom. The molecule has 0 atom stereocenters. The summed E-state index contributed by atoms with van der Waals surface area (Å²) in [5.74, 6) is 0.876. The van der Waals surface area contributed by atoms with Gasteiger partial charge in [-0.25, -0.2) is 0 Å². The van der Waals surface area contributed by atoms with Crippen molar-refractivity contribution in [1.29, 1.82) is 0 Å². The van der Waals surface area contributed by atoms with Crippen molar-refractivity contribution in [2.75, 3.05) is 0 Å². The summed E-state index contributed by atoms with van der Waals surface area (Å²) >= 11 is 6.07. The summed E-state index contributed by atoms with van der Waals surface area (Å²) in [5, 5.41) is 1.89. The Morgan fingerprint density at radius 1 is 1.11 bits per heavy atom. The van der Waals surface area contributed by atoms with Crippen LogP contribution in [0.2, 0.25) is 5.02 Å². The van der Waals surface area contributed by atoms with Crippen molar-refractivity contribution in [3.63, 3.8) is 0 Å². The number of hydrogen-bond acceptors (Lipinski definition) is 1. The maximum Gasteiger partial charge on any atom is 0.119 e. The Morgan fingerprint density at radius 3 is 2.68 bits per heavy atom. The molecule has 0 aliphatic rings. The van der Waals surface area contributed by atoms with Gasteiger partial charge in [-0.2, -0.15) is 0 Å². The van der Waals surface area contributed by atoms with Gasteiger partial charge in [0.2, 0.25) is 0 Å². The molecule has 0 unspecified atom stereocenters. The van der Waals surface area contributed by atoms with E-state index in [0.717, 1.165) is 27.2 Å². The highest BCUT2D eigenvalue weighted by molar-refractivity contribution is 6.31. The number of aromatic nitrogens is 1. The van der Waals surface area contributed by atoms with E-state index in [-0.39, 0.29) is 0 Å². The first-order valence-corrected chi connectivity index (χ1v) is 6.53. The second-order valence-electron chi connectivity index (χ2n) is 4.53. The van der Waals surface area contributed by atoms with Crippen LogP contribution in [0.15, 0.2) is 54.7 Å². The zero-order valence-electron chi connectivity index (χ0n) is 10.6. The van der Waals surface area contributed by atoms with Crippen molar-refractivity contribution in [1.82, 2.24) is 4.57 Å². The maximum absolute atomic E-state index is 6.07. The summed E-state index contributed by atoms with van der Waals surface area (Å²) in [5.41, 5.74) is 2.31. The first-order chi connectivity index (χ1) is 9.24. The van der Waals surface area contributed by atoms with E-state index in [1.165, 1.54) is 0 Å². The van der Waals surface area contributed by atoms with E-state index < -0.39 is 0 Å². The predicted octanol–water partition coefficient (Wildman–Crippen LogP) is 4.41. The molecule has 3 rings (SSSR count). The topological polar surface area (TPSA) is 14.2 Å². The van der Waals surface area contributed by atoms with E-state index in [1.807, 2.05) is 55.6 Å². The second-order valence-corrected chi connectivity index (χ2v) is 4.96. The molecule has 0 aliphatic heterocycles. The predicted molar refractivity (Wildman–Crippen MR) is 78.7 cm³/mol. The lowest BCUT2D eigenvalue weighted by atomic mass is 10.2. The minimum atomic E-state index is 0.543. The number of halogens is 1. The van der Waals surface area contributed by atoms with Gasteiger partial charge in [-0.05, 0) is 30.3 Å². The Balaban J connectivity index is 1.91. The van der Waals surface area contributed by atoms with Crippen LogP contribution < -0.4 is 4.74 Å². The van der Waals surface area contributed by atoms with Gasteiger partial charge in [0.05, 0.1) is 0 Å². The number of fused-ring (bicyclic) bond motifs is 1. The Hall–Kier alpha value is -1.93. The number of aryl methyl sites for hydroxylation is 1. The first-order valence-electron chi connectivity index (χ1n) is 6.15. The number of benzene rings is 2. The molecule has 0 aliphatic carbocycles. The fourth-order valence-electron chi connectivity index (χ4n) is 2.24. The van der Waals surface area contributed by atoms with Gasteiger partial charge in [-0.1, -0.05) is 29.8 Å². The number of hydrogen-bond donors (Lipinski definition) is 0. The Kier molecular flexibility index (Phi) is 3.18. The zero-order chi connectivity index (χ0) is 13.2. The van der Waals surface area contributed by atoms with E-state index in [4.69, 9.17) is 16.3 Å². The van der Waals surface area contributed by atoms with Crippen molar-refractivity contribution in [2.45, 2.75) is 6.61 Å². The van der Waals surface area contributed by atoms with E-state index in [9.17, 15) is 0 Å². The summed E-state index contributed by atoms with van der Waals surface area (Å²) in [7, 11) is 2.03. The van der Waals surface area contributed by atoms with E-state index in [1.54, 1.807) is 0 Å². The highest BCUT2D eigenvalue weighted by atomic mass is 35.5. The van der Waals surface area contributed by atoms with Crippen molar-refractivity contribution >= 4 is 22.5 Å². The number of nitrogens with zero attached hydrogens (tertiary/aromatic N) is 1. The summed E-state index contributed by atoms with van der Waals surface area (Å²) in [6.45, 7) is 0.543. The van der Waals surface area contributed by atoms with E-state index in [0.29, 0.717) is 6.61 Å². The number of rotatable bonds is 3. The van der Waals surface area contributed by atoms with Crippen LogP contribution in [0.4, 0.5) is 0 Å². The van der Waals surface area contributed by atoms with Crippen molar-refractivity contribution in [2.24, 2.45) is 7.05 Å². The molecule has 0 amide bonds. The van der Waals surface area contributed by atoms with Crippen LogP contribution in [0.5, 0.6) is 5.75 Å². The standard InChI is InChI=1S/C16H14ClNO/c1-18-10-12(11-19-14-5-3-2-4-6-14)15-9-13(17)7-8-16(15)18/h2-10H,11H2,1H3. The molecule has 0 saturated carbocycles. The number of para-hydroxylation sites is 1. The van der Waals surface area contributed by atoms with Crippen molar-refractivity contribution < 1.29 is 4.74 Å². The fourth-order valence-corrected chi connectivity index (χ4v) is 2.41. The monoisotopic (exact) mass is 271 g/mol. The van der Waals surface area contributed by atoms with Gasteiger partial charge < -0.3 is 9.30 Å². The molecule has 0 saturated heterocycles. The minimum absolute atomic E-state index is 0.543. The van der Waals surface area contributed by atoms with Crippen LogP contribution in [0.1, 0.15) is 5.56 Å². The van der Waals surface area contributed by atoms with Gasteiger partial charge >= 0.3 is 0 Å². The summed E-state index contributed by atoms with van der Waals surface area (Å²) in [4.78, 5) is 0. The summed E-state index contributed by atoms with van der Waals surface area (Å²) in [6, 6.07) is 15.8. The third kappa shape index (κ3) is 2.45. The Labute approximate surface area is 117 Å². The molecule has 19 heavy (non-hydrogen) atoms. The molecule has 3 aromatic rings. The number of ether oxygens (including phenoxy) is 1. The molecule has 2 aromatic carbocycles. The highest BCUT2D eigenvalue weighted by Gasteiger charge is 2.07. The van der Waals surface area contributed by atoms with Gasteiger partial charge in [0.15, 0.2) is 0 Å². The van der Waals surface area contributed by atoms with Crippen molar-refractivity contribution in [3.05, 3.63) is 65.3 Å². The van der Waals surface area contributed by atoms with Gasteiger partial charge in [-0.15, -0.1) is 0 Å². The average Bonchev–Trinajstić information content (AvgIpc) is 2.74. The quantitative estimate of drug-likeness (QED) is 0.688. The molecular formula is C16H14ClNO. The van der Waals surface area contributed by atoms with Crippen LogP contribution in [-0.4, -0.2) is 4.57 Å². The molecule has 0 spiro atoms. The lowest BCUT2D eigenvalue weighted by Gasteiger charge is -2.04. The average molecular weight is 272 g/mol. The largest absolute Gasteiger partial charge is 0.489 e. The molecule has 0 radical (unpaired) electrons. The first kappa shape index (κ1) is 12.1. The molecular weight excluding hydrogens is 258 g/mol. The molecule has 1 aromatic heterocycles. The van der Waals surface area contributed by atoms with Crippen LogP contribution in [0.3, 0.4) is 0 Å². The molecule has 1 heterocycles. The normalized spacial score (nSPS) is 10.8. The molecule has 0 bridgehead atoms. The third-order valence-electron chi connectivity index (χ3n) is 3.17. The smallest absolute Gasteiger partial charge is 0.119 e. The van der Waals surface area contributed by atoms with Crippen LogP contribution in [0.25, 0.3) is 10.9 Å². The molecule has 2 nitrogen and oxygen atoms in total. The Bertz CT molecular complexity index is 703. The van der Waals surface area contributed by atoms with E-state index in [2.05, 4.69) is 10.8 Å². The molecule has 0 fully saturated rings. The second kappa shape index (κ2) is 4.98. The van der Waals surface area contributed by atoms with Crippen LogP contribution in [0, 0.1) is 0 Å².